The molecule has 5 N–H and O–H groups in total. The molecular formula is C17H21N5O3S. The average molecular weight is 375 g/mol. The van der Waals surface area contributed by atoms with Crippen LogP contribution in [0, 0.1) is 0 Å². The van der Waals surface area contributed by atoms with E-state index in [1.807, 2.05) is 6.92 Å². The lowest BCUT2D eigenvalue weighted by molar-refractivity contribution is -0.113. The molecule has 9 heteroatoms. The quantitative estimate of drug-likeness (QED) is 0.277. The number of nitrogens with zero attached hydrogens (tertiary/aromatic N) is 2. The van der Waals surface area contributed by atoms with Crippen molar-refractivity contribution in [3.05, 3.63) is 35.9 Å². The molecule has 2 rings (SSSR count). The van der Waals surface area contributed by atoms with Crippen LogP contribution >= 0.6 is 11.8 Å². The van der Waals surface area contributed by atoms with Crippen LogP contribution in [0.15, 0.2) is 35.5 Å². The Morgan fingerprint density at radius 3 is 2.42 bits per heavy atom. The summed E-state index contributed by atoms with van der Waals surface area (Å²) in [4.78, 5) is 31.8. The second kappa shape index (κ2) is 9.62. The molecule has 1 amide bonds. The van der Waals surface area contributed by atoms with E-state index in [0.717, 1.165) is 24.6 Å². The number of amides is 1. The Labute approximate surface area is 155 Å². The summed E-state index contributed by atoms with van der Waals surface area (Å²) in [5.74, 6) is -0.00578. The number of esters is 1. The molecule has 0 aliphatic carbocycles. The van der Waals surface area contributed by atoms with Crippen molar-refractivity contribution < 1.29 is 14.3 Å². The van der Waals surface area contributed by atoms with Crippen LogP contribution in [0.5, 0.6) is 0 Å². The zero-order valence-electron chi connectivity index (χ0n) is 14.4. The summed E-state index contributed by atoms with van der Waals surface area (Å²) in [6, 6.07) is 7.96. The Kier molecular flexibility index (Phi) is 7.22. The first-order valence-corrected chi connectivity index (χ1v) is 9.06. The van der Waals surface area contributed by atoms with Crippen molar-refractivity contribution in [1.29, 1.82) is 0 Å². The highest BCUT2D eigenvalue weighted by Crippen LogP contribution is 2.17. The lowest BCUT2D eigenvalue weighted by Crippen LogP contribution is -2.14. The van der Waals surface area contributed by atoms with E-state index in [2.05, 4.69) is 15.3 Å². The van der Waals surface area contributed by atoms with Crippen molar-refractivity contribution in [2.45, 2.75) is 24.9 Å². The minimum absolute atomic E-state index is 0.101. The third-order valence-electron chi connectivity index (χ3n) is 3.21. The molecule has 0 aliphatic rings. The number of anilines is 3. The number of aromatic nitrogens is 2. The maximum Gasteiger partial charge on any atom is 0.338 e. The van der Waals surface area contributed by atoms with E-state index in [4.69, 9.17) is 16.2 Å². The number of carbonyl (C=O) groups excluding carboxylic acids is 2. The molecule has 1 aromatic carbocycles. The molecule has 0 bridgehead atoms. The van der Waals surface area contributed by atoms with E-state index < -0.39 is 0 Å². The number of carbonyl (C=O) groups is 2. The van der Waals surface area contributed by atoms with Gasteiger partial charge in [0, 0.05) is 11.8 Å². The van der Waals surface area contributed by atoms with Gasteiger partial charge in [0.25, 0.3) is 0 Å². The van der Waals surface area contributed by atoms with Gasteiger partial charge in [0.1, 0.15) is 11.6 Å². The monoisotopic (exact) mass is 375 g/mol. The van der Waals surface area contributed by atoms with Crippen molar-refractivity contribution >= 4 is 41.0 Å². The Hall–Kier alpha value is -2.81. The number of hydrogen-bond donors (Lipinski definition) is 3. The molecule has 1 heterocycles. The number of nitrogens with two attached hydrogens (primary N) is 2. The van der Waals surface area contributed by atoms with Crippen LogP contribution in [0.4, 0.5) is 17.3 Å². The largest absolute Gasteiger partial charge is 0.462 e. The number of rotatable bonds is 8. The minimum atomic E-state index is -0.372. The molecule has 2 aromatic rings. The predicted molar refractivity (Wildman–Crippen MR) is 102 cm³/mol. The van der Waals surface area contributed by atoms with Crippen molar-refractivity contribution in [2.24, 2.45) is 0 Å². The average Bonchev–Trinajstić information content (AvgIpc) is 2.60. The van der Waals surface area contributed by atoms with Crippen molar-refractivity contribution in [2.75, 3.05) is 29.1 Å². The summed E-state index contributed by atoms with van der Waals surface area (Å²) in [5.41, 5.74) is 12.2. The number of nitrogen functional groups attached to an aromatic ring is 2. The summed E-state index contributed by atoms with van der Waals surface area (Å²) in [5, 5.41) is 3.07. The maximum absolute atomic E-state index is 12.0. The van der Waals surface area contributed by atoms with Crippen LogP contribution in [0.3, 0.4) is 0 Å². The summed E-state index contributed by atoms with van der Waals surface area (Å²) in [7, 11) is 0. The van der Waals surface area contributed by atoms with Crippen LogP contribution < -0.4 is 16.8 Å². The second-order valence-corrected chi connectivity index (χ2v) is 6.35. The maximum atomic E-state index is 12.0. The summed E-state index contributed by atoms with van der Waals surface area (Å²) >= 11 is 1.13. The van der Waals surface area contributed by atoms with Crippen LogP contribution in [-0.4, -0.2) is 34.2 Å². The van der Waals surface area contributed by atoms with Crippen molar-refractivity contribution in [3.63, 3.8) is 0 Å². The first kappa shape index (κ1) is 19.5. The van der Waals surface area contributed by atoms with Gasteiger partial charge in [-0.2, -0.15) is 0 Å². The molecule has 0 saturated carbocycles. The first-order valence-electron chi connectivity index (χ1n) is 8.08. The number of hydrogen-bond acceptors (Lipinski definition) is 8. The highest BCUT2D eigenvalue weighted by atomic mass is 32.2. The van der Waals surface area contributed by atoms with E-state index in [9.17, 15) is 9.59 Å². The topological polar surface area (TPSA) is 133 Å². The number of thioether (sulfide) groups is 1. The van der Waals surface area contributed by atoms with E-state index in [1.165, 1.54) is 6.07 Å². The molecule has 0 saturated heterocycles. The Balaban J connectivity index is 1.84. The number of nitrogens with one attached hydrogen (secondary N) is 1. The first-order chi connectivity index (χ1) is 12.5. The molecule has 0 radical (unpaired) electrons. The molecule has 26 heavy (non-hydrogen) atoms. The molecule has 138 valence electrons. The predicted octanol–water partition coefficient (Wildman–Crippen LogP) is 2.33. The fourth-order valence-corrected chi connectivity index (χ4v) is 2.61. The van der Waals surface area contributed by atoms with Gasteiger partial charge in [0.2, 0.25) is 5.91 Å². The van der Waals surface area contributed by atoms with Crippen LogP contribution in [0.1, 0.15) is 30.1 Å². The number of unbranched alkanes of at least 4 members (excludes halogenated alkanes) is 1. The van der Waals surface area contributed by atoms with Gasteiger partial charge >= 0.3 is 5.97 Å². The van der Waals surface area contributed by atoms with Gasteiger partial charge in [0.15, 0.2) is 5.16 Å². The summed E-state index contributed by atoms with van der Waals surface area (Å²) < 4.78 is 5.13. The molecule has 0 unspecified atom stereocenters. The van der Waals surface area contributed by atoms with Gasteiger partial charge in [0.05, 0.1) is 17.9 Å². The smallest absolute Gasteiger partial charge is 0.338 e. The fourth-order valence-electron chi connectivity index (χ4n) is 1.94. The summed E-state index contributed by atoms with van der Waals surface area (Å²) in [6.45, 7) is 2.43. The van der Waals surface area contributed by atoms with Gasteiger partial charge in [-0.3, -0.25) is 4.79 Å². The Bertz CT molecular complexity index is 747. The standard InChI is InChI=1S/C17H21N5O3S/c1-2-3-8-25-16(24)11-4-6-12(7-5-11)20-15(23)10-26-17-21-13(18)9-14(19)22-17/h4-7,9H,2-3,8,10H2,1H3,(H,20,23)(H4,18,19,21,22). The molecule has 0 spiro atoms. The fraction of sp³-hybridized carbons (Fsp3) is 0.294. The second-order valence-electron chi connectivity index (χ2n) is 5.40. The van der Waals surface area contributed by atoms with Gasteiger partial charge in [-0.05, 0) is 30.7 Å². The Morgan fingerprint density at radius 1 is 1.15 bits per heavy atom. The van der Waals surface area contributed by atoms with Gasteiger partial charge < -0.3 is 21.5 Å². The number of ether oxygens (including phenoxy) is 1. The van der Waals surface area contributed by atoms with E-state index in [1.54, 1.807) is 24.3 Å². The van der Waals surface area contributed by atoms with E-state index >= 15 is 0 Å². The molecule has 8 nitrogen and oxygen atoms in total. The SMILES string of the molecule is CCCCOC(=O)c1ccc(NC(=O)CSc2nc(N)cc(N)n2)cc1. The third kappa shape index (κ3) is 6.25. The van der Waals surface area contributed by atoms with Crippen molar-refractivity contribution in [1.82, 2.24) is 9.97 Å². The zero-order chi connectivity index (χ0) is 18.9. The lowest BCUT2D eigenvalue weighted by atomic mass is 10.2. The van der Waals surface area contributed by atoms with Crippen LogP contribution in [-0.2, 0) is 9.53 Å². The van der Waals surface area contributed by atoms with Gasteiger partial charge in [-0.1, -0.05) is 25.1 Å². The van der Waals surface area contributed by atoms with Gasteiger partial charge in [-0.25, -0.2) is 14.8 Å². The minimum Gasteiger partial charge on any atom is -0.462 e. The van der Waals surface area contributed by atoms with Crippen molar-refractivity contribution in [3.8, 4) is 0 Å². The molecule has 0 aliphatic heterocycles. The molecule has 0 atom stereocenters. The highest BCUT2D eigenvalue weighted by Gasteiger charge is 2.09. The summed E-state index contributed by atoms with van der Waals surface area (Å²) in [6.07, 6.45) is 1.80. The lowest BCUT2D eigenvalue weighted by Gasteiger charge is -2.07. The van der Waals surface area contributed by atoms with Gasteiger partial charge in [-0.15, -0.1) is 0 Å². The van der Waals surface area contributed by atoms with E-state index in [-0.39, 0.29) is 29.3 Å². The van der Waals surface area contributed by atoms with Crippen LogP contribution in [0.2, 0.25) is 0 Å². The molecule has 0 fully saturated rings. The van der Waals surface area contributed by atoms with Crippen LogP contribution in [0.25, 0.3) is 0 Å². The molecule has 1 aromatic heterocycles. The van der Waals surface area contributed by atoms with E-state index in [0.29, 0.717) is 23.0 Å². The normalized spacial score (nSPS) is 10.3. The Morgan fingerprint density at radius 2 is 1.81 bits per heavy atom. The highest BCUT2D eigenvalue weighted by molar-refractivity contribution is 7.99. The number of benzene rings is 1. The third-order valence-corrected chi connectivity index (χ3v) is 4.06. The molecular weight excluding hydrogens is 354 g/mol. The zero-order valence-corrected chi connectivity index (χ0v) is 15.2.